The summed E-state index contributed by atoms with van der Waals surface area (Å²) in [6.45, 7) is 10.1. The van der Waals surface area contributed by atoms with Crippen LogP contribution >= 0.6 is 0 Å². The fourth-order valence-corrected chi connectivity index (χ4v) is 2.72. The van der Waals surface area contributed by atoms with Crippen molar-refractivity contribution in [3.05, 3.63) is 58.7 Å². The van der Waals surface area contributed by atoms with Gasteiger partial charge in [0.15, 0.2) is 0 Å². The number of ether oxygens (including phenoxy) is 2. The van der Waals surface area contributed by atoms with Gasteiger partial charge in [0.2, 0.25) is 0 Å². The predicted molar refractivity (Wildman–Crippen MR) is 109 cm³/mol. The summed E-state index contributed by atoms with van der Waals surface area (Å²) < 4.78 is 9.99. The van der Waals surface area contributed by atoms with Gasteiger partial charge in [0.1, 0.15) is 0 Å². The lowest BCUT2D eigenvalue weighted by atomic mass is 9.91. The quantitative estimate of drug-likeness (QED) is 0.301. The lowest BCUT2D eigenvalue weighted by Crippen LogP contribution is -2.15. The van der Waals surface area contributed by atoms with Gasteiger partial charge in [-0.1, -0.05) is 19.2 Å². The van der Waals surface area contributed by atoms with Crippen molar-refractivity contribution in [2.24, 2.45) is 0 Å². The first kappa shape index (κ1) is 24.6. The van der Waals surface area contributed by atoms with Crippen LogP contribution in [0.4, 0.5) is 0 Å². The van der Waals surface area contributed by atoms with E-state index in [4.69, 9.17) is 9.47 Å². The van der Waals surface area contributed by atoms with Crippen LogP contribution in [0, 0.1) is 0 Å². The first-order valence-electron chi connectivity index (χ1n) is 9.32. The molecule has 0 radical (unpaired) electrons. The molecule has 8 heteroatoms. The minimum Gasteiger partial charge on any atom is -0.478 e. The molecule has 162 valence electrons. The number of benzene rings is 1. The van der Waals surface area contributed by atoms with E-state index in [2.05, 4.69) is 13.2 Å². The molecule has 0 aromatic heterocycles. The van der Waals surface area contributed by atoms with Crippen LogP contribution in [-0.2, 0) is 31.9 Å². The molecule has 1 rings (SSSR count). The molecule has 0 aliphatic carbocycles. The first-order chi connectivity index (χ1) is 14.1. The first-order valence-corrected chi connectivity index (χ1v) is 9.32. The van der Waals surface area contributed by atoms with Gasteiger partial charge in [0.25, 0.3) is 0 Å². The number of carboxylic acids is 2. The van der Waals surface area contributed by atoms with E-state index in [0.717, 1.165) is 0 Å². The molecule has 8 nitrogen and oxygen atoms in total. The van der Waals surface area contributed by atoms with Gasteiger partial charge >= 0.3 is 23.9 Å². The van der Waals surface area contributed by atoms with Gasteiger partial charge in [0, 0.05) is 11.1 Å². The average molecular weight is 418 g/mol. The fraction of sp³-hybridized carbons (Fsp3) is 0.364. The van der Waals surface area contributed by atoms with Gasteiger partial charge in [-0.15, -0.1) is 0 Å². The predicted octanol–water partition coefficient (Wildman–Crippen LogP) is 3.19. The SMILES string of the molecule is C=C(C)C(=O)OCCCc1ccc(C(=O)O)c(CCCOC(=O)C(=C)C)c1C(=O)O. The zero-order chi connectivity index (χ0) is 22.8. The van der Waals surface area contributed by atoms with Crippen LogP contribution < -0.4 is 0 Å². The minimum absolute atomic E-state index is 0.00486. The van der Waals surface area contributed by atoms with E-state index < -0.39 is 23.9 Å². The Labute approximate surface area is 174 Å². The van der Waals surface area contributed by atoms with Crippen LogP contribution in [0.3, 0.4) is 0 Å². The molecule has 0 aliphatic heterocycles. The molecule has 0 amide bonds. The van der Waals surface area contributed by atoms with E-state index in [1.165, 1.54) is 26.0 Å². The van der Waals surface area contributed by atoms with Crippen molar-refractivity contribution < 1.29 is 38.9 Å². The molecule has 1 aromatic carbocycles. The molecule has 0 aliphatic rings. The van der Waals surface area contributed by atoms with E-state index in [-0.39, 0.29) is 60.3 Å². The normalized spacial score (nSPS) is 10.2. The molecular weight excluding hydrogens is 392 g/mol. The second-order valence-electron chi connectivity index (χ2n) is 6.78. The van der Waals surface area contributed by atoms with E-state index in [1.54, 1.807) is 0 Å². The van der Waals surface area contributed by atoms with Crippen molar-refractivity contribution in [1.29, 1.82) is 0 Å². The summed E-state index contributed by atoms with van der Waals surface area (Å²) in [5.74, 6) is -3.58. The molecular formula is C22H26O8. The summed E-state index contributed by atoms with van der Waals surface area (Å²) in [4.78, 5) is 46.3. The van der Waals surface area contributed by atoms with E-state index in [9.17, 15) is 29.4 Å². The molecule has 0 saturated carbocycles. The van der Waals surface area contributed by atoms with Crippen LogP contribution in [0.25, 0.3) is 0 Å². The summed E-state index contributed by atoms with van der Waals surface area (Å²) in [5, 5.41) is 19.2. The smallest absolute Gasteiger partial charge is 0.336 e. The van der Waals surface area contributed by atoms with Crippen LogP contribution in [0.5, 0.6) is 0 Å². The second kappa shape index (κ2) is 11.5. The number of carbonyl (C=O) groups excluding carboxylic acids is 2. The number of esters is 2. The van der Waals surface area contributed by atoms with Gasteiger partial charge in [-0.2, -0.15) is 0 Å². The number of aromatic carboxylic acids is 2. The molecule has 0 fully saturated rings. The standard InChI is InChI=1S/C22H26O8/c1-13(2)21(27)29-11-5-7-15-9-10-17(19(23)24)16(18(15)20(25)26)8-6-12-30-22(28)14(3)4/h9-10H,1,3,5-8,11-12H2,2,4H3,(H,23,24)(H,25,26). The lowest BCUT2D eigenvalue weighted by Gasteiger charge is -2.15. The Kier molecular flexibility index (Phi) is 9.48. The van der Waals surface area contributed by atoms with Crippen molar-refractivity contribution in [2.45, 2.75) is 39.5 Å². The third kappa shape index (κ3) is 7.20. The largest absolute Gasteiger partial charge is 0.478 e. The van der Waals surface area contributed by atoms with Gasteiger partial charge in [0.05, 0.1) is 24.3 Å². The fourth-order valence-electron chi connectivity index (χ4n) is 2.72. The zero-order valence-corrected chi connectivity index (χ0v) is 17.2. The Morgan fingerprint density at radius 1 is 0.833 bits per heavy atom. The third-order valence-electron chi connectivity index (χ3n) is 4.17. The topological polar surface area (TPSA) is 127 Å². The van der Waals surface area contributed by atoms with Crippen LogP contribution in [0.15, 0.2) is 36.4 Å². The minimum atomic E-state index is -1.25. The summed E-state index contributed by atoms with van der Waals surface area (Å²) in [7, 11) is 0. The molecule has 1 aromatic rings. The van der Waals surface area contributed by atoms with Gasteiger partial charge in [-0.05, 0) is 56.7 Å². The number of carbonyl (C=O) groups is 4. The highest BCUT2D eigenvalue weighted by Gasteiger charge is 2.22. The number of rotatable bonds is 12. The number of aryl methyl sites for hydroxylation is 1. The van der Waals surface area contributed by atoms with E-state index in [0.29, 0.717) is 12.0 Å². The number of carboxylic acid groups (broad SMARTS) is 2. The summed E-state index contributed by atoms with van der Waals surface area (Å²) in [6.07, 6.45) is 0.995. The van der Waals surface area contributed by atoms with Gasteiger partial charge in [-0.3, -0.25) is 0 Å². The van der Waals surface area contributed by atoms with Crippen LogP contribution in [0.2, 0.25) is 0 Å². The Bertz CT molecular complexity index is 866. The van der Waals surface area contributed by atoms with Crippen molar-refractivity contribution in [1.82, 2.24) is 0 Å². The number of hydrogen-bond donors (Lipinski definition) is 2. The molecule has 0 unspecified atom stereocenters. The van der Waals surface area contributed by atoms with Crippen molar-refractivity contribution in [3.8, 4) is 0 Å². The maximum Gasteiger partial charge on any atom is 0.336 e. The summed E-state index contributed by atoms with van der Waals surface area (Å²) >= 11 is 0. The maximum absolute atomic E-state index is 11.9. The molecule has 30 heavy (non-hydrogen) atoms. The van der Waals surface area contributed by atoms with Crippen LogP contribution in [0.1, 0.15) is 58.5 Å². The monoisotopic (exact) mass is 418 g/mol. The second-order valence-corrected chi connectivity index (χ2v) is 6.78. The summed E-state index contributed by atoms with van der Waals surface area (Å²) in [5.41, 5.74) is 0.900. The molecule has 0 saturated heterocycles. The third-order valence-corrected chi connectivity index (χ3v) is 4.17. The van der Waals surface area contributed by atoms with Gasteiger partial charge in [-0.25, -0.2) is 19.2 Å². The molecule has 0 bridgehead atoms. The molecule has 2 N–H and O–H groups in total. The Hall–Kier alpha value is -3.42. The maximum atomic E-state index is 11.9. The summed E-state index contributed by atoms with van der Waals surface area (Å²) in [6, 6.07) is 2.82. The Morgan fingerprint density at radius 2 is 1.33 bits per heavy atom. The molecule has 0 heterocycles. The van der Waals surface area contributed by atoms with E-state index >= 15 is 0 Å². The van der Waals surface area contributed by atoms with Crippen molar-refractivity contribution in [3.63, 3.8) is 0 Å². The zero-order valence-electron chi connectivity index (χ0n) is 17.2. The lowest BCUT2D eigenvalue weighted by molar-refractivity contribution is -0.139. The number of hydrogen-bond acceptors (Lipinski definition) is 6. The Morgan fingerprint density at radius 3 is 1.77 bits per heavy atom. The van der Waals surface area contributed by atoms with Gasteiger partial charge < -0.3 is 19.7 Å². The highest BCUT2D eigenvalue weighted by atomic mass is 16.5. The van der Waals surface area contributed by atoms with Crippen LogP contribution in [-0.4, -0.2) is 47.3 Å². The highest BCUT2D eigenvalue weighted by Crippen LogP contribution is 2.23. The molecule has 0 spiro atoms. The average Bonchev–Trinajstić information content (AvgIpc) is 2.67. The molecule has 0 atom stereocenters. The van der Waals surface area contributed by atoms with Crippen molar-refractivity contribution >= 4 is 23.9 Å². The Balaban J connectivity index is 2.98. The highest BCUT2D eigenvalue weighted by molar-refractivity contribution is 5.97. The van der Waals surface area contributed by atoms with E-state index in [1.807, 2.05) is 0 Å². The van der Waals surface area contributed by atoms with Crippen molar-refractivity contribution in [2.75, 3.05) is 13.2 Å².